The maximum Gasteiger partial charge on any atom is 0.412 e. The highest BCUT2D eigenvalue weighted by molar-refractivity contribution is 5.84. The molecule has 0 radical (unpaired) electrons. The van der Waals surface area contributed by atoms with E-state index in [1.165, 1.54) is 12.1 Å². The maximum absolute atomic E-state index is 13.2. The molecule has 0 bridgehead atoms. The van der Waals surface area contributed by atoms with Crippen molar-refractivity contribution in [2.24, 2.45) is 0 Å². The van der Waals surface area contributed by atoms with Crippen LogP contribution in [0.4, 0.5) is 14.9 Å². The number of nitrogens with one attached hydrogen (secondary N) is 1. The third kappa shape index (κ3) is 3.28. The van der Waals surface area contributed by atoms with Crippen molar-refractivity contribution in [2.45, 2.75) is 6.61 Å². The van der Waals surface area contributed by atoms with Gasteiger partial charge in [-0.1, -0.05) is 18.2 Å². The van der Waals surface area contributed by atoms with Crippen molar-refractivity contribution in [1.82, 2.24) is 4.98 Å². The summed E-state index contributed by atoms with van der Waals surface area (Å²) in [6.07, 6.45) is 2.52. The first-order chi connectivity index (χ1) is 8.75. The number of carbonyl (C=O) groups is 1. The lowest BCUT2D eigenvalue weighted by Crippen LogP contribution is -2.14. The molecule has 1 aromatic heterocycles. The van der Waals surface area contributed by atoms with E-state index in [0.29, 0.717) is 0 Å². The Morgan fingerprint density at radius 3 is 2.83 bits per heavy atom. The predicted octanol–water partition coefficient (Wildman–Crippen LogP) is 2.97. The second kappa shape index (κ2) is 5.77. The monoisotopic (exact) mass is 246 g/mol. The molecule has 0 saturated carbocycles. The predicted molar refractivity (Wildman–Crippen MR) is 64.4 cm³/mol. The minimum atomic E-state index is -0.705. The van der Waals surface area contributed by atoms with Gasteiger partial charge in [0, 0.05) is 18.0 Å². The van der Waals surface area contributed by atoms with E-state index in [0.717, 1.165) is 5.56 Å². The molecule has 18 heavy (non-hydrogen) atoms. The van der Waals surface area contributed by atoms with Gasteiger partial charge in [0.05, 0.1) is 5.69 Å². The fraction of sp³-hybridized carbons (Fsp3) is 0.0769. The van der Waals surface area contributed by atoms with Gasteiger partial charge in [-0.3, -0.25) is 10.3 Å². The number of hydrogen-bond donors (Lipinski definition) is 1. The Hall–Kier alpha value is -2.43. The second-order valence-electron chi connectivity index (χ2n) is 3.54. The van der Waals surface area contributed by atoms with E-state index >= 15 is 0 Å². The lowest BCUT2D eigenvalue weighted by molar-refractivity contribution is 0.155. The number of carbonyl (C=O) groups excluding carboxylic acids is 1. The largest absolute Gasteiger partial charge is 0.444 e. The molecule has 1 heterocycles. The Labute approximate surface area is 103 Å². The van der Waals surface area contributed by atoms with Gasteiger partial charge in [-0.2, -0.15) is 0 Å². The van der Waals surface area contributed by atoms with Gasteiger partial charge in [0.2, 0.25) is 0 Å². The molecule has 0 aliphatic carbocycles. The molecule has 1 N–H and O–H groups in total. The summed E-state index contributed by atoms with van der Waals surface area (Å²) in [4.78, 5) is 15.3. The molecule has 0 fully saturated rings. The van der Waals surface area contributed by atoms with Gasteiger partial charge in [-0.25, -0.2) is 9.18 Å². The average molecular weight is 246 g/mol. The average Bonchev–Trinajstić information content (AvgIpc) is 2.40. The Kier molecular flexibility index (Phi) is 3.86. The topological polar surface area (TPSA) is 51.2 Å². The van der Waals surface area contributed by atoms with Crippen molar-refractivity contribution >= 4 is 11.8 Å². The van der Waals surface area contributed by atoms with Crippen LogP contribution < -0.4 is 5.32 Å². The standard InChI is InChI=1S/C13H11FN2O2/c14-11-5-1-2-6-12(11)16-13(17)18-9-10-4-3-7-15-8-10/h1-8H,9H2,(H,16,17). The number of benzene rings is 1. The molecule has 1 aromatic carbocycles. The van der Waals surface area contributed by atoms with E-state index in [4.69, 9.17) is 4.74 Å². The summed E-state index contributed by atoms with van der Waals surface area (Å²) in [5, 5.41) is 2.32. The van der Waals surface area contributed by atoms with E-state index in [2.05, 4.69) is 10.3 Å². The zero-order chi connectivity index (χ0) is 12.8. The molecule has 0 aliphatic rings. The van der Waals surface area contributed by atoms with Crippen molar-refractivity contribution in [1.29, 1.82) is 0 Å². The molecule has 1 amide bonds. The van der Waals surface area contributed by atoms with Gasteiger partial charge in [-0.05, 0) is 18.2 Å². The zero-order valence-electron chi connectivity index (χ0n) is 9.47. The Morgan fingerprint density at radius 2 is 2.11 bits per heavy atom. The van der Waals surface area contributed by atoms with Crippen LogP contribution in [0.5, 0.6) is 0 Å². The zero-order valence-corrected chi connectivity index (χ0v) is 9.47. The molecule has 0 spiro atoms. The fourth-order valence-corrected chi connectivity index (χ4v) is 1.34. The van der Waals surface area contributed by atoms with E-state index in [-0.39, 0.29) is 12.3 Å². The molecule has 92 valence electrons. The van der Waals surface area contributed by atoms with Crippen molar-refractivity contribution in [3.05, 3.63) is 60.2 Å². The van der Waals surface area contributed by atoms with E-state index in [1.807, 2.05) is 0 Å². The van der Waals surface area contributed by atoms with E-state index in [9.17, 15) is 9.18 Å². The SMILES string of the molecule is O=C(Nc1ccccc1F)OCc1cccnc1. The van der Waals surface area contributed by atoms with Crippen molar-refractivity contribution in [3.63, 3.8) is 0 Å². The van der Waals surface area contributed by atoms with Crippen LogP contribution in [0.15, 0.2) is 48.8 Å². The minimum Gasteiger partial charge on any atom is -0.444 e. The van der Waals surface area contributed by atoms with Gasteiger partial charge in [0.25, 0.3) is 0 Å². The molecule has 4 nitrogen and oxygen atoms in total. The Morgan fingerprint density at radius 1 is 1.28 bits per heavy atom. The number of ether oxygens (including phenoxy) is 1. The summed E-state index contributed by atoms with van der Waals surface area (Å²) in [5.41, 5.74) is 0.856. The highest BCUT2D eigenvalue weighted by Gasteiger charge is 2.06. The third-order valence-corrected chi connectivity index (χ3v) is 2.20. The fourth-order valence-electron chi connectivity index (χ4n) is 1.34. The first-order valence-electron chi connectivity index (χ1n) is 5.33. The molecular weight excluding hydrogens is 235 g/mol. The van der Waals surface area contributed by atoms with Gasteiger partial charge < -0.3 is 4.74 Å². The van der Waals surface area contributed by atoms with Gasteiger partial charge >= 0.3 is 6.09 Å². The van der Waals surface area contributed by atoms with Crippen molar-refractivity contribution in [2.75, 3.05) is 5.32 Å². The summed E-state index contributed by atoms with van der Waals surface area (Å²) in [7, 11) is 0. The van der Waals surface area contributed by atoms with Crippen LogP contribution in [0, 0.1) is 5.82 Å². The number of hydrogen-bond acceptors (Lipinski definition) is 3. The highest BCUT2D eigenvalue weighted by Crippen LogP contribution is 2.12. The first-order valence-corrected chi connectivity index (χ1v) is 5.33. The number of rotatable bonds is 3. The molecular formula is C13H11FN2O2. The quantitative estimate of drug-likeness (QED) is 0.905. The molecule has 2 rings (SSSR count). The molecule has 2 aromatic rings. The first kappa shape index (κ1) is 12.0. The number of pyridine rings is 1. The Balaban J connectivity index is 1.88. The normalized spacial score (nSPS) is 9.83. The van der Waals surface area contributed by atoms with Gasteiger partial charge in [0.15, 0.2) is 0 Å². The number of halogens is 1. The molecule has 0 atom stereocenters. The van der Waals surface area contributed by atoms with Crippen LogP contribution in [-0.2, 0) is 11.3 Å². The maximum atomic E-state index is 13.2. The third-order valence-electron chi connectivity index (χ3n) is 2.20. The van der Waals surface area contributed by atoms with Crippen molar-refractivity contribution < 1.29 is 13.9 Å². The summed E-state index contributed by atoms with van der Waals surface area (Å²) < 4.78 is 18.2. The number of amides is 1. The minimum absolute atomic E-state index is 0.0914. The highest BCUT2D eigenvalue weighted by atomic mass is 19.1. The summed E-state index contributed by atoms with van der Waals surface area (Å²) in [6.45, 7) is 0.0914. The van der Waals surface area contributed by atoms with Crippen LogP contribution in [0.25, 0.3) is 0 Å². The lowest BCUT2D eigenvalue weighted by atomic mass is 10.3. The van der Waals surface area contributed by atoms with Crippen LogP contribution >= 0.6 is 0 Å². The van der Waals surface area contributed by atoms with Crippen LogP contribution in [0.1, 0.15) is 5.56 Å². The molecule has 0 unspecified atom stereocenters. The van der Waals surface area contributed by atoms with Crippen molar-refractivity contribution in [3.8, 4) is 0 Å². The molecule has 0 aliphatic heterocycles. The summed E-state index contributed by atoms with van der Waals surface area (Å²) >= 11 is 0. The van der Waals surface area contributed by atoms with Crippen LogP contribution in [-0.4, -0.2) is 11.1 Å². The summed E-state index contributed by atoms with van der Waals surface area (Å²) in [5.74, 6) is -0.504. The second-order valence-corrected chi connectivity index (χ2v) is 3.54. The number of para-hydroxylation sites is 1. The van der Waals surface area contributed by atoms with E-state index < -0.39 is 11.9 Å². The van der Waals surface area contributed by atoms with Gasteiger partial charge in [0.1, 0.15) is 12.4 Å². The van der Waals surface area contributed by atoms with Crippen LogP contribution in [0.2, 0.25) is 0 Å². The lowest BCUT2D eigenvalue weighted by Gasteiger charge is -2.07. The molecule has 0 saturated heterocycles. The number of anilines is 1. The van der Waals surface area contributed by atoms with E-state index in [1.54, 1.807) is 36.7 Å². The Bertz CT molecular complexity index is 532. The smallest absolute Gasteiger partial charge is 0.412 e. The summed E-state index contributed by atoms with van der Waals surface area (Å²) in [6, 6.07) is 9.41. The van der Waals surface area contributed by atoms with Gasteiger partial charge in [-0.15, -0.1) is 0 Å². The number of aromatic nitrogens is 1. The number of nitrogens with zero attached hydrogens (tertiary/aromatic N) is 1. The molecule has 5 heteroatoms. The van der Waals surface area contributed by atoms with Crippen LogP contribution in [0.3, 0.4) is 0 Å².